The highest BCUT2D eigenvalue weighted by Gasteiger charge is 2.35. The Morgan fingerprint density at radius 1 is 1.26 bits per heavy atom. The summed E-state index contributed by atoms with van der Waals surface area (Å²) < 4.78 is 5.23. The zero-order chi connectivity index (χ0) is 12.8. The molecule has 0 unspecified atom stereocenters. The molecule has 0 radical (unpaired) electrons. The van der Waals surface area contributed by atoms with E-state index in [1.165, 1.54) is 5.56 Å². The van der Waals surface area contributed by atoms with Crippen molar-refractivity contribution in [2.75, 3.05) is 19.8 Å². The summed E-state index contributed by atoms with van der Waals surface area (Å²) in [7, 11) is 0. The van der Waals surface area contributed by atoms with Gasteiger partial charge in [-0.3, -0.25) is 4.79 Å². The number of ether oxygens (including phenoxy) is 1. The molecule has 1 saturated heterocycles. The molecule has 0 atom stereocenters. The van der Waals surface area contributed by atoms with Crippen LogP contribution < -0.4 is 11.1 Å². The van der Waals surface area contributed by atoms with Crippen molar-refractivity contribution in [1.82, 2.24) is 5.32 Å². The first kappa shape index (κ1) is 16.0. The molecule has 1 aliphatic heterocycles. The molecule has 0 bridgehead atoms. The van der Waals surface area contributed by atoms with Crippen LogP contribution in [0.5, 0.6) is 0 Å². The molecule has 1 aromatic carbocycles. The SMILES string of the molecule is Cl.NC1(C(=O)NCCc2ccccc2)CCOCC1. The first-order chi connectivity index (χ1) is 8.71. The van der Waals surface area contributed by atoms with E-state index < -0.39 is 5.54 Å². The normalized spacial score (nSPS) is 17.3. The number of halogens is 1. The molecule has 2 rings (SSSR count). The summed E-state index contributed by atoms with van der Waals surface area (Å²) in [6.45, 7) is 1.77. The Balaban J connectivity index is 0.00000180. The maximum Gasteiger partial charge on any atom is 0.240 e. The molecule has 19 heavy (non-hydrogen) atoms. The van der Waals surface area contributed by atoms with Gasteiger partial charge < -0.3 is 15.8 Å². The van der Waals surface area contributed by atoms with Crippen LogP contribution in [0.15, 0.2) is 30.3 Å². The lowest BCUT2D eigenvalue weighted by Gasteiger charge is -2.31. The average Bonchev–Trinajstić information content (AvgIpc) is 2.41. The molecular formula is C14H21ClN2O2. The van der Waals surface area contributed by atoms with Gasteiger partial charge >= 0.3 is 0 Å². The average molecular weight is 285 g/mol. The van der Waals surface area contributed by atoms with Crippen LogP contribution in [0.2, 0.25) is 0 Å². The van der Waals surface area contributed by atoms with Gasteiger partial charge in [0.05, 0.1) is 5.54 Å². The summed E-state index contributed by atoms with van der Waals surface area (Å²) in [6, 6.07) is 10.1. The number of nitrogens with one attached hydrogen (secondary N) is 1. The molecule has 1 aromatic rings. The third-order valence-electron chi connectivity index (χ3n) is 3.38. The Hall–Kier alpha value is -1.10. The van der Waals surface area contributed by atoms with Gasteiger partial charge in [0.1, 0.15) is 0 Å². The minimum absolute atomic E-state index is 0. The molecule has 1 fully saturated rings. The molecule has 106 valence electrons. The van der Waals surface area contributed by atoms with E-state index in [0.717, 1.165) is 6.42 Å². The molecule has 0 aromatic heterocycles. The second-order valence-electron chi connectivity index (χ2n) is 4.76. The van der Waals surface area contributed by atoms with Crippen LogP contribution >= 0.6 is 12.4 Å². The number of amides is 1. The second kappa shape index (κ2) is 7.48. The smallest absolute Gasteiger partial charge is 0.240 e. The zero-order valence-corrected chi connectivity index (χ0v) is 11.7. The lowest BCUT2D eigenvalue weighted by molar-refractivity contribution is -0.129. The molecule has 5 heteroatoms. The minimum Gasteiger partial charge on any atom is -0.381 e. The predicted octanol–water partition coefficient (Wildman–Crippen LogP) is 1.27. The molecule has 1 amide bonds. The van der Waals surface area contributed by atoms with E-state index in [1.807, 2.05) is 18.2 Å². The maximum atomic E-state index is 12.0. The Morgan fingerprint density at radius 2 is 1.89 bits per heavy atom. The van der Waals surface area contributed by atoms with Crippen molar-refractivity contribution in [3.05, 3.63) is 35.9 Å². The first-order valence-corrected chi connectivity index (χ1v) is 6.40. The van der Waals surface area contributed by atoms with E-state index in [0.29, 0.717) is 32.6 Å². The van der Waals surface area contributed by atoms with Crippen molar-refractivity contribution in [3.63, 3.8) is 0 Å². The highest BCUT2D eigenvalue weighted by molar-refractivity contribution is 5.86. The van der Waals surface area contributed by atoms with Crippen molar-refractivity contribution in [2.45, 2.75) is 24.8 Å². The fraction of sp³-hybridized carbons (Fsp3) is 0.500. The molecule has 0 spiro atoms. The Kier molecular flexibility index (Phi) is 6.28. The van der Waals surface area contributed by atoms with Gasteiger partial charge in [0.25, 0.3) is 0 Å². The third-order valence-corrected chi connectivity index (χ3v) is 3.38. The van der Waals surface area contributed by atoms with Crippen LogP contribution in [0.4, 0.5) is 0 Å². The van der Waals surface area contributed by atoms with Crippen molar-refractivity contribution in [3.8, 4) is 0 Å². The number of hydrogen-bond acceptors (Lipinski definition) is 3. The van der Waals surface area contributed by atoms with E-state index in [1.54, 1.807) is 0 Å². The topological polar surface area (TPSA) is 64.4 Å². The van der Waals surface area contributed by atoms with Gasteiger partial charge in [-0.15, -0.1) is 12.4 Å². The van der Waals surface area contributed by atoms with Crippen LogP contribution in [0.1, 0.15) is 18.4 Å². The summed E-state index contributed by atoms with van der Waals surface area (Å²) in [4.78, 5) is 12.0. The zero-order valence-electron chi connectivity index (χ0n) is 10.9. The van der Waals surface area contributed by atoms with Gasteiger partial charge in [-0.25, -0.2) is 0 Å². The van der Waals surface area contributed by atoms with E-state index in [9.17, 15) is 4.79 Å². The molecule has 3 N–H and O–H groups in total. The molecule has 0 aliphatic carbocycles. The number of benzene rings is 1. The van der Waals surface area contributed by atoms with Crippen LogP contribution in [-0.2, 0) is 16.0 Å². The lowest BCUT2D eigenvalue weighted by Crippen LogP contribution is -2.57. The Bertz CT molecular complexity index is 392. The van der Waals surface area contributed by atoms with Gasteiger partial charge in [0.15, 0.2) is 0 Å². The number of nitrogens with two attached hydrogens (primary N) is 1. The molecule has 0 saturated carbocycles. The largest absolute Gasteiger partial charge is 0.381 e. The molecule has 1 aliphatic rings. The summed E-state index contributed by atoms with van der Waals surface area (Å²) in [6.07, 6.45) is 2.04. The Morgan fingerprint density at radius 3 is 2.53 bits per heavy atom. The third kappa shape index (κ3) is 4.49. The van der Waals surface area contributed by atoms with Crippen molar-refractivity contribution >= 4 is 18.3 Å². The van der Waals surface area contributed by atoms with Crippen LogP contribution in [0.3, 0.4) is 0 Å². The van der Waals surface area contributed by atoms with E-state index >= 15 is 0 Å². The van der Waals surface area contributed by atoms with E-state index in [4.69, 9.17) is 10.5 Å². The number of carbonyl (C=O) groups excluding carboxylic acids is 1. The van der Waals surface area contributed by atoms with Crippen LogP contribution in [-0.4, -0.2) is 31.2 Å². The first-order valence-electron chi connectivity index (χ1n) is 6.40. The van der Waals surface area contributed by atoms with Crippen molar-refractivity contribution < 1.29 is 9.53 Å². The highest BCUT2D eigenvalue weighted by Crippen LogP contribution is 2.17. The highest BCUT2D eigenvalue weighted by atomic mass is 35.5. The number of rotatable bonds is 4. The van der Waals surface area contributed by atoms with Gasteiger partial charge in [-0.1, -0.05) is 30.3 Å². The minimum atomic E-state index is -0.741. The molecular weight excluding hydrogens is 264 g/mol. The molecule has 1 heterocycles. The summed E-state index contributed by atoms with van der Waals surface area (Å²) in [5.74, 6) is -0.0540. The van der Waals surface area contributed by atoms with Crippen LogP contribution in [0.25, 0.3) is 0 Å². The quantitative estimate of drug-likeness (QED) is 0.875. The van der Waals surface area contributed by atoms with Crippen molar-refractivity contribution in [1.29, 1.82) is 0 Å². The maximum absolute atomic E-state index is 12.0. The van der Waals surface area contributed by atoms with Gasteiger partial charge in [0.2, 0.25) is 5.91 Å². The van der Waals surface area contributed by atoms with Crippen molar-refractivity contribution in [2.24, 2.45) is 5.73 Å². The summed E-state index contributed by atoms with van der Waals surface area (Å²) in [5, 5.41) is 2.92. The fourth-order valence-electron chi connectivity index (χ4n) is 2.10. The van der Waals surface area contributed by atoms with Crippen LogP contribution in [0, 0.1) is 0 Å². The van der Waals surface area contributed by atoms with Gasteiger partial charge in [-0.2, -0.15) is 0 Å². The molecule has 4 nitrogen and oxygen atoms in total. The summed E-state index contributed by atoms with van der Waals surface area (Å²) >= 11 is 0. The number of hydrogen-bond donors (Lipinski definition) is 2. The summed E-state index contributed by atoms with van der Waals surface area (Å²) in [5.41, 5.74) is 6.57. The standard InChI is InChI=1S/C14H20N2O2.ClH/c15-14(7-10-18-11-8-14)13(17)16-9-6-12-4-2-1-3-5-12;/h1-5H,6-11,15H2,(H,16,17);1H. The fourth-order valence-corrected chi connectivity index (χ4v) is 2.10. The predicted molar refractivity (Wildman–Crippen MR) is 77.4 cm³/mol. The van der Waals surface area contributed by atoms with E-state index in [2.05, 4.69) is 17.4 Å². The second-order valence-corrected chi connectivity index (χ2v) is 4.76. The Labute approximate surface area is 120 Å². The van der Waals surface area contributed by atoms with Gasteiger partial charge in [-0.05, 0) is 24.8 Å². The van der Waals surface area contributed by atoms with Gasteiger partial charge in [0, 0.05) is 19.8 Å². The monoisotopic (exact) mass is 284 g/mol. The lowest BCUT2D eigenvalue weighted by atomic mass is 9.90. The number of carbonyl (C=O) groups is 1. The van der Waals surface area contributed by atoms with E-state index in [-0.39, 0.29) is 18.3 Å².